The van der Waals surface area contributed by atoms with Gasteiger partial charge >= 0.3 is 0 Å². The van der Waals surface area contributed by atoms with Crippen LogP contribution in [-0.2, 0) is 4.79 Å². The number of allylic oxidation sites excluding steroid dienone is 1. The second-order valence-corrected chi connectivity index (χ2v) is 9.32. The minimum Gasteiger partial charge on any atom is -0.394 e. The molecule has 2 aromatic carbocycles. The van der Waals surface area contributed by atoms with Gasteiger partial charge in [-0.2, -0.15) is 0 Å². The van der Waals surface area contributed by atoms with Crippen molar-refractivity contribution in [3.63, 3.8) is 0 Å². The van der Waals surface area contributed by atoms with E-state index in [0.717, 1.165) is 11.1 Å². The molecular weight excluding hydrogens is 429 g/mol. The van der Waals surface area contributed by atoms with Crippen LogP contribution in [0.15, 0.2) is 61.2 Å². The number of aliphatic hydroxyl groups is 1. The van der Waals surface area contributed by atoms with Crippen LogP contribution in [0.5, 0.6) is 0 Å². The Balaban J connectivity index is 2.24. The van der Waals surface area contributed by atoms with E-state index in [0.29, 0.717) is 35.7 Å². The molecule has 1 aliphatic rings. The number of piperidine rings is 1. The summed E-state index contributed by atoms with van der Waals surface area (Å²) >= 11 is 12.5. The van der Waals surface area contributed by atoms with Gasteiger partial charge in [0.1, 0.15) is 0 Å². The highest BCUT2D eigenvalue weighted by atomic mass is 35.5. The van der Waals surface area contributed by atoms with Gasteiger partial charge in [-0.05, 0) is 61.1 Å². The molecule has 1 N–H and O–H groups in total. The van der Waals surface area contributed by atoms with Gasteiger partial charge in [-0.25, -0.2) is 0 Å². The van der Waals surface area contributed by atoms with Crippen LogP contribution in [0.3, 0.4) is 0 Å². The van der Waals surface area contributed by atoms with Gasteiger partial charge in [0.25, 0.3) is 0 Å². The van der Waals surface area contributed by atoms with Crippen LogP contribution >= 0.6 is 23.2 Å². The molecule has 1 aliphatic heterocycles. The van der Waals surface area contributed by atoms with E-state index in [2.05, 4.69) is 19.6 Å². The third-order valence-corrected chi connectivity index (χ3v) is 7.24. The van der Waals surface area contributed by atoms with E-state index in [1.807, 2.05) is 60.4 Å². The molecule has 166 valence electrons. The summed E-state index contributed by atoms with van der Waals surface area (Å²) in [6.07, 6.45) is 4.52. The molecular formula is C26H31Cl2NO2. The zero-order chi connectivity index (χ0) is 22.6. The number of amides is 1. The number of nitrogens with zero attached hydrogens (tertiary/aromatic N) is 1. The number of likely N-dealkylation sites (tertiary alicyclic amines) is 1. The van der Waals surface area contributed by atoms with Gasteiger partial charge in [0.05, 0.1) is 24.1 Å². The van der Waals surface area contributed by atoms with Crippen molar-refractivity contribution in [2.45, 2.75) is 57.5 Å². The quantitative estimate of drug-likeness (QED) is 0.441. The molecule has 1 fully saturated rings. The lowest BCUT2D eigenvalue weighted by Gasteiger charge is -2.52. The van der Waals surface area contributed by atoms with E-state index in [1.165, 1.54) is 0 Å². The lowest BCUT2D eigenvalue weighted by molar-refractivity contribution is -0.157. The number of halogens is 2. The van der Waals surface area contributed by atoms with Gasteiger partial charge in [0.15, 0.2) is 0 Å². The molecule has 3 nitrogen and oxygen atoms in total. The SMILES string of the molecule is C=CCC1(CC)C[C@H](c2cccc(Cl)c2)[C@@H](c2ccc(Cl)cc2)N(C(CC)CO)C1=O. The van der Waals surface area contributed by atoms with E-state index >= 15 is 0 Å². The molecule has 0 bridgehead atoms. The van der Waals surface area contributed by atoms with Gasteiger partial charge in [-0.3, -0.25) is 4.79 Å². The van der Waals surface area contributed by atoms with Crippen molar-refractivity contribution in [3.8, 4) is 0 Å². The Hall–Kier alpha value is -1.81. The van der Waals surface area contributed by atoms with Gasteiger partial charge in [0.2, 0.25) is 5.91 Å². The van der Waals surface area contributed by atoms with E-state index in [4.69, 9.17) is 23.2 Å². The average molecular weight is 460 g/mol. The molecule has 0 radical (unpaired) electrons. The Morgan fingerprint density at radius 3 is 2.42 bits per heavy atom. The van der Waals surface area contributed by atoms with E-state index < -0.39 is 5.41 Å². The van der Waals surface area contributed by atoms with Crippen molar-refractivity contribution in [1.29, 1.82) is 0 Å². The third-order valence-electron chi connectivity index (χ3n) is 6.76. The van der Waals surface area contributed by atoms with Crippen LogP contribution in [0.25, 0.3) is 0 Å². The number of carbonyl (C=O) groups excluding carboxylic acids is 1. The Morgan fingerprint density at radius 2 is 1.87 bits per heavy atom. The van der Waals surface area contributed by atoms with Crippen molar-refractivity contribution in [2.24, 2.45) is 5.41 Å². The zero-order valence-corrected chi connectivity index (χ0v) is 19.7. The second-order valence-electron chi connectivity index (χ2n) is 8.45. The van der Waals surface area contributed by atoms with Crippen LogP contribution in [0.2, 0.25) is 10.0 Å². The number of hydrogen-bond acceptors (Lipinski definition) is 2. The van der Waals surface area contributed by atoms with Crippen molar-refractivity contribution in [1.82, 2.24) is 4.90 Å². The summed E-state index contributed by atoms with van der Waals surface area (Å²) < 4.78 is 0. The fourth-order valence-electron chi connectivity index (χ4n) is 5.00. The van der Waals surface area contributed by atoms with Gasteiger partial charge in [0, 0.05) is 16.0 Å². The van der Waals surface area contributed by atoms with Gasteiger partial charge < -0.3 is 10.0 Å². The average Bonchev–Trinajstić information content (AvgIpc) is 2.77. The summed E-state index contributed by atoms with van der Waals surface area (Å²) in [6.45, 7) is 7.93. The number of carbonyl (C=O) groups is 1. The first-order valence-electron chi connectivity index (χ1n) is 11.0. The first-order chi connectivity index (χ1) is 14.9. The molecule has 0 aliphatic carbocycles. The minimum absolute atomic E-state index is 0.0260. The highest BCUT2D eigenvalue weighted by Gasteiger charge is 2.52. The third kappa shape index (κ3) is 4.69. The first kappa shape index (κ1) is 23.8. The fourth-order valence-corrected chi connectivity index (χ4v) is 5.32. The van der Waals surface area contributed by atoms with E-state index in [-0.39, 0.29) is 30.5 Å². The molecule has 31 heavy (non-hydrogen) atoms. The predicted octanol–water partition coefficient (Wildman–Crippen LogP) is 6.79. The standard InChI is InChI=1S/C26H31Cl2NO2/c1-4-14-26(6-3)16-23(19-8-7-9-21(28)15-19)24(18-10-12-20(27)13-11-18)29(25(26)31)22(5-2)17-30/h4,7-13,15,22-24,30H,1,5-6,14,16-17H2,2-3H3/t22?,23-,24-,26?/m1/s1. The topological polar surface area (TPSA) is 40.5 Å². The lowest BCUT2D eigenvalue weighted by Crippen LogP contribution is -2.57. The van der Waals surface area contributed by atoms with E-state index in [9.17, 15) is 9.90 Å². The number of benzene rings is 2. The Labute approximate surface area is 195 Å². The largest absolute Gasteiger partial charge is 0.394 e. The van der Waals surface area contributed by atoms with Gasteiger partial charge in [-0.1, -0.05) is 67.4 Å². The van der Waals surface area contributed by atoms with Crippen LogP contribution < -0.4 is 0 Å². The molecule has 3 rings (SSSR count). The highest BCUT2D eigenvalue weighted by molar-refractivity contribution is 6.30. The Bertz CT molecular complexity index is 910. The Kier molecular flexibility index (Phi) is 7.85. The highest BCUT2D eigenvalue weighted by Crippen LogP contribution is 2.53. The summed E-state index contributed by atoms with van der Waals surface area (Å²) in [5.41, 5.74) is 1.55. The fraction of sp³-hybridized carbons (Fsp3) is 0.423. The van der Waals surface area contributed by atoms with Crippen molar-refractivity contribution in [2.75, 3.05) is 6.61 Å². The normalized spacial score (nSPS) is 24.8. The number of aliphatic hydroxyl groups excluding tert-OH is 1. The summed E-state index contributed by atoms with van der Waals surface area (Å²) in [4.78, 5) is 16.0. The molecule has 5 heteroatoms. The second kappa shape index (κ2) is 10.2. The van der Waals surface area contributed by atoms with Crippen molar-refractivity contribution in [3.05, 3.63) is 82.4 Å². The molecule has 0 spiro atoms. The molecule has 1 heterocycles. The van der Waals surface area contributed by atoms with Crippen molar-refractivity contribution >= 4 is 29.1 Å². The maximum Gasteiger partial charge on any atom is 0.229 e. The lowest BCUT2D eigenvalue weighted by atomic mass is 9.65. The summed E-state index contributed by atoms with van der Waals surface area (Å²) in [5.74, 6) is 0.118. The molecule has 4 atom stereocenters. The molecule has 1 amide bonds. The maximum absolute atomic E-state index is 14.0. The molecule has 0 saturated carbocycles. The Morgan fingerprint density at radius 1 is 1.16 bits per heavy atom. The molecule has 0 aromatic heterocycles. The van der Waals surface area contributed by atoms with E-state index in [1.54, 1.807) is 0 Å². The summed E-state index contributed by atoms with van der Waals surface area (Å²) in [5, 5.41) is 11.6. The zero-order valence-electron chi connectivity index (χ0n) is 18.2. The number of hydrogen-bond donors (Lipinski definition) is 1. The van der Waals surface area contributed by atoms with Crippen LogP contribution in [0.1, 0.15) is 62.6 Å². The monoisotopic (exact) mass is 459 g/mol. The van der Waals surface area contributed by atoms with Crippen LogP contribution in [-0.4, -0.2) is 28.6 Å². The summed E-state index contributed by atoms with van der Waals surface area (Å²) in [7, 11) is 0. The van der Waals surface area contributed by atoms with Crippen molar-refractivity contribution < 1.29 is 9.90 Å². The van der Waals surface area contributed by atoms with Crippen LogP contribution in [0, 0.1) is 5.41 Å². The molecule has 2 unspecified atom stereocenters. The number of rotatable bonds is 8. The molecule has 1 saturated heterocycles. The van der Waals surface area contributed by atoms with Crippen LogP contribution in [0.4, 0.5) is 0 Å². The molecule has 2 aromatic rings. The van der Waals surface area contributed by atoms with Gasteiger partial charge in [-0.15, -0.1) is 6.58 Å². The summed E-state index contributed by atoms with van der Waals surface area (Å²) in [6, 6.07) is 15.1. The predicted molar refractivity (Wildman–Crippen MR) is 129 cm³/mol. The smallest absolute Gasteiger partial charge is 0.229 e. The minimum atomic E-state index is -0.555. The maximum atomic E-state index is 14.0. The first-order valence-corrected chi connectivity index (χ1v) is 11.7.